The molecule has 2 fully saturated rings. The standard InChI is InChI=1S/C15H23N3O2.ClH/c1-11-13(12(2)20-17-11)14(19)18-9-5-15(6-10-18)3-7-16-8-4-15;/h16H,3-10H2,1-2H3;1H. The first-order valence-electron chi connectivity index (χ1n) is 7.54. The molecule has 1 aromatic rings. The van der Waals surface area contributed by atoms with E-state index in [4.69, 9.17) is 4.52 Å². The summed E-state index contributed by atoms with van der Waals surface area (Å²) in [5, 5.41) is 7.31. The van der Waals surface area contributed by atoms with E-state index in [0.29, 0.717) is 22.4 Å². The molecule has 2 saturated heterocycles. The molecule has 0 atom stereocenters. The molecular formula is C15H24ClN3O2. The molecule has 1 aromatic heterocycles. The quantitative estimate of drug-likeness (QED) is 0.864. The van der Waals surface area contributed by atoms with E-state index in [1.165, 1.54) is 12.8 Å². The molecule has 3 rings (SSSR count). The minimum absolute atomic E-state index is 0. The molecule has 2 aliphatic rings. The Morgan fingerprint density at radius 3 is 2.33 bits per heavy atom. The molecule has 0 aliphatic carbocycles. The second kappa shape index (κ2) is 6.36. The summed E-state index contributed by atoms with van der Waals surface area (Å²) >= 11 is 0. The van der Waals surface area contributed by atoms with E-state index in [0.717, 1.165) is 39.0 Å². The van der Waals surface area contributed by atoms with Crippen molar-refractivity contribution >= 4 is 18.3 Å². The number of rotatable bonds is 1. The molecular weight excluding hydrogens is 290 g/mol. The van der Waals surface area contributed by atoms with E-state index >= 15 is 0 Å². The number of nitrogens with one attached hydrogen (secondary N) is 1. The zero-order valence-electron chi connectivity index (χ0n) is 12.8. The summed E-state index contributed by atoms with van der Waals surface area (Å²) in [6.07, 6.45) is 4.76. The van der Waals surface area contributed by atoms with Crippen molar-refractivity contribution in [2.24, 2.45) is 5.41 Å². The number of likely N-dealkylation sites (tertiary alicyclic amines) is 1. The van der Waals surface area contributed by atoms with Crippen LogP contribution in [0.4, 0.5) is 0 Å². The molecule has 0 unspecified atom stereocenters. The van der Waals surface area contributed by atoms with E-state index in [9.17, 15) is 4.79 Å². The molecule has 3 heterocycles. The van der Waals surface area contributed by atoms with Gasteiger partial charge in [-0.25, -0.2) is 0 Å². The second-order valence-electron chi connectivity index (χ2n) is 6.24. The largest absolute Gasteiger partial charge is 0.361 e. The number of hydrogen-bond donors (Lipinski definition) is 1. The van der Waals surface area contributed by atoms with E-state index in [2.05, 4.69) is 10.5 Å². The normalized spacial score (nSPS) is 21.1. The number of hydrogen-bond acceptors (Lipinski definition) is 4. The topological polar surface area (TPSA) is 58.4 Å². The predicted molar refractivity (Wildman–Crippen MR) is 82.9 cm³/mol. The first kappa shape index (κ1) is 16.3. The molecule has 0 saturated carbocycles. The van der Waals surface area contributed by atoms with Gasteiger partial charge in [-0.3, -0.25) is 4.79 Å². The zero-order valence-corrected chi connectivity index (χ0v) is 13.6. The third-order valence-corrected chi connectivity index (χ3v) is 5.02. The van der Waals surface area contributed by atoms with E-state index in [1.54, 1.807) is 0 Å². The number of aromatic nitrogens is 1. The van der Waals surface area contributed by atoms with Crippen molar-refractivity contribution in [2.75, 3.05) is 26.2 Å². The molecule has 1 N–H and O–H groups in total. The molecule has 0 radical (unpaired) electrons. The third kappa shape index (κ3) is 3.09. The number of aryl methyl sites for hydroxylation is 2. The van der Waals surface area contributed by atoms with Crippen molar-refractivity contribution in [1.82, 2.24) is 15.4 Å². The van der Waals surface area contributed by atoms with Gasteiger partial charge in [-0.05, 0) is 58.0 Å². The molecule has 118 valence electrons. The fourth-order valence-electron chi connectivity index (χ4n) is 3.59. The minimum atomic E-state index is 0. The molecule has 5 nitrogen and oxygen atoms in total. The molecule has 1 amide bonds. The van der Waals surface area contributed by atoms with Crippen LogP contribution in [0, 0.1) is 19.3 Å². The maximum atomic E-state index is 12.6. The van der Waals surface area contributed by atoms with Gasteiger partial charge < -0.3 is 14.7 Å². The van der Waals surface area contributed by atoms with Crippen LogP contribution in [0.1, 0.15) is 47.5 Å². The van der Waals surface area contributed by atoms with Gasteiger partial charge in [0, 0.05) is 13.1 Å². The highest BCUT2D eigenvalue weighted by Crippen LogP contribution is 2.39. The van der Waals surface area contributed by atoms with Crippen LogP contribution in [0.2, 0.25) is 0 Å². The summed E-state index contributed by atoms with van der Waals surface area (Å²) in [5.74, 6) is 0.722. The second-order valence-corrected chi connectivity index (χ2v) is 6.24. The molecule has 6 heteroatoms. The summed E-state index contributed by atoms with van der Waals surface area (Å²) in [6, 6.07) is 0. The van der Waals surface area contributed by atoms with Gasteiger partial charge in [0.05, 0.1) is 5.69 Å². The summed E-state index contributed by atoms with van der Waals surface area (Å²) in [7, 11) is 0. The van der Waals surface area contributed by atoms with E-state index in [1.807, 2.05) is 18.7 Å². The smallest absolute Gasteiger partial charge is 0.259 e. The lowest BCUT2D eigenvalue weighted by molar-refractivity contribution is 0.0494. The zero-order chi connectivity index (χ0) is 14.2. The maximum Gasteiger partial charge on any atom is 0.259 e. The van der Waals surface area contributed by atoms with Crippen molar-refractivity contribution in [3.05, 3.63) is 17.0 Å². The maximum absolute atomic E-state index is 12.6. The third-order valence-electron chi connectivity index (χ3n) is 5.02. The highest BCUT2D eigenvalue weighted by atomic mass is 35.5. The first-order chi connectivity index (χ1) is 9.61. The number of carbonyl (C=O) groups excluding carboxylic acids is 1. The van der Waals surface area contributed by atoms with Crippen molar-refractivity contribution in [1.29, 1.82) is 0 Å². The number of nitrogens with zero attached hydrogens (tertiary/aromatic N) is 2. The van der Waals surface area contributed by atoms with Gasteiger partial charge in [0.1, 0.15) is 11.3 Å². The number of piperidine rings is 2. The highest BCUT2D eigenvalue weighted by Gasteiger charge is 2.37. The molecule has 21 heavy (non-hydrogen) atoms. The Kier molecular flexibility index (Phi) is 4.94. The monoisotopic (exact) mass is 313 g/mol. The van der Waals surface area contributed by atoms with Gasteiger partial charge >= 0.3 is 0 Å². The number of amides is 1. The van der Waals surface area contributed by atoms with Gasteiger partial charge in [-0.15, -0.1) is 12.4 Å². The number of carbonyl (C=O) groups is 1. The Labute approximate surface area is 131 Å². The fraction of sp³-hybridized carbons (Fsp3) is 0.733. The lowest BCUT2D eigenvalue weighted by Crippen LogP contribution is -2.47. The Bertz CT molecular complexity index is 480. The van der Waals surface area contributed by atoms with Crippen LogP contribution in [-0.4, -0.2) is 42.1 Å². The van der Waals surface area contributed by atoms with Gasteiger partial charge in [0.25, 0.3) is 5.91 Å². The van der Waals surface area contributed by atoms with Crippen molar-refractivity contribution in [3.63, 3.8) is 0 Å². The van der Waals surface area contributed by atoms with Crippen LogP contribution in [0.25, 0.3) is 0 Å². The molecule has 0 aromatic carbocycles. The van der Waals surface area contributed by atoms with Gasteiger partial charge in [0.15, 0.2) is 0 Å². The summed E-state index contributed by atoms with van der Waals surface area (Å²) in [5.41, 5.74) is 1.83. The average molecular weight is 314 g/mol. The van der Waals surface area contributed by atoms with Gasteiger partial charge in [-0.2, -0.15) is 0 Å². The lowest BCUT2D eigenvalue weighted by Gasteiger charge is -2.44. The Morgan fingerprint density at radius 2 is 1.81 bits per heavy atom. The summed E-state index contributed by atoms with van der Waals surface area (Å²) < 4.78 is 5.11. The van der Waals surface area contributed by atoms with Crippen molar-refractivity contribution in [2.45, 2.75) is 39.5 Å². The van der Waals surface area contributed by atoms with Crippen LogP contribution in [0.3, 0.4) is 0 Å². The van der Waals surface area contributed by atoms with Crippen LogP contribution in [0.5, 0.6) is 0 Å². The SMILES string of the molecule is Cc1noc(C)c1C(=O)N1CCC2(CCNCC2)CC1.Cl. The number of halogens is 1. The van der Waals surface area contributed by atoms with Crippen LogP contribution in [0.15, 0.2) is 4.52 Å². The Hall–Kier alpha value is -1.07. The first-order valence-corrected chi connectivity index (χ1v) is 7.54. The van der Waals surface area contributed by atoms with Crippen LogP contribution in [-0.2, 0) is 0 Å². The minimum Gasteiger partial charge on any atom is -0.361 e. The molecule has 1 spiro atoms. The van der Waals surface area contributed by atoms with Crippen molar-refractivity contribution < 1.29 is 9.32 Å². The highest BCUT2D eigenvalue weighted by molar-refractivity contribution is 5.96. The van der Waals surface area contributed by atoms with Crippen LogP contribution >= 0.6 is 12.4 Å². The Balaban J connectivity index is 0.00000161. The fourth-order valence-corrected chi connectivity index (χ4v) is 3.59. The summed E-state index contributed by atoms with van der Waals surface area (Å²) in [4.78, 5) is 14.6. The van der Waals surface area contributed by atoms with Crippen LogP contribution < -0.4 is 5.32 Å². The van der Waals surface area contributed by atoms with E-state index < -0.39 is 0 Å². The predicted octanol–water partition coefficient (Wildman–Crippen LogP) is 2.32. The average Bonchev–Trinajstić information content (AvgIpc) is 2.79. The molecule has 2 aliphatic heterocycles. The lowest BCUT2D eigenvalue weighted by atomic mass is 9.71. The van der Waals surface area contributed by atoms with Gasteiger partial charge in [0.2, 0.25) is 0 Å². The Morgan fingerprint density at radius 1 is 1.19 bits per heavy atom. The van der Waals surface area contributed by atoms with Crippen molar-refractivity contribution in [3.8, 4) is 0 Å². The molecule has 0 bridgehead atoms. The van der Waals surface area contributed by atoms with E-state index in [-0.39, 0.29) is 18.3 Å². The summed E-state index contributed by atoms with van der Waals surface area (Å²) in [6.45, 7) is 7.62. The van der Waals surface area contributed by atoms with Gasteiger partial charge in [-0.1, -0.05) is 5.16 Å².